The van der Waals surface area contributed by atoms with Crippen molar-refractivity contribution >= 4 is 23.1 Å². The maximum Gasteiger partial charge on any atom is 0.320 e. The lowest BCUT2D eigenvalue weighted by molar-refractivity contribution is 0.157. The number of carbonyl (C=O) groups excluding carboxylic acids is 1. The van der Waals surface area contributed by atoms with Gasteiger partial charge in [-0.1, -0.05) is 36.4 Å². The van der Waals surface area contributed by atoms with Crippen LogP contribution in [0.3, 0.4) is 0 Å². The number of hydrogen-bond acceptors (Lipinski definition) is 4. The fraction of sp³-hybridized carbons (Fsp3) is 0.300. The summed E-state index contributed by atoms with van der Waals surface area (Å²) in [7, 11) is 1.81. The average Bonchev–Trinajstić information content (AvgIpc) is 3.14. The van der Waals surface area contributed by atoms with Crippen LogP contribution in [-0.2, 0) is 6.54 Å². The van der Waals surface area contributed by atoms with E-state index < -0.39 is 0 Å². The van der Waals surface area contributed by atoms with Crippen LogP contribution in [0.2, 0.25) is 0 Å². The Morgan fingerprint density at radius 2 is 1.85 bits per heavy atom. The first-order valence-electron chi connectivity index (χ1n) is 8.96. The van der Waals surface area contributed by atoms with Crippen molar-refractivity contribution in [2.75, 3.05) is 38.1 Å². The zero-order valence-electron chi connectivity index (χ0n) is 15.1. The van der Waals surface area contributed by atoms with Crippen LogP contribution in [0.5, 0.6) is 0 Å². The number of fused-ring (bicyclic) bond motifs is 1. The molecular weight excluding hydrogens is 347 g/mol. The number of nitrogens with zero attached hydrogens (tertiary/aromatic N) is 4. The maximum atomic E-state index is 13.8. The van der Waals surface area contributed by atoms with E-state index in [4.69, 9.17) is 4.42 Å². The molecule has 140 valence electrons. The van der Waals surface area contributed by atoms with Crippen LogP contribution in [0.15, 0.2) is 52.9 Å². The zero-order chi connectivity index (χ0) is 18.8. The van der Waals surface area contributed by atoms with Gasteiger partial charge in [-0.15, -0.1) is 0 Å². The van der Waals surface area contributed by atoms with Crippen LogP contribution in [-0.4, -0.2) is 54.0 Å². The van der Waals surface area contributed by atoms with E-state index in [-0.39, 0.29) is 17.4 Å². The highest BCUT2D eigenvalue weighted by Crippen LogP contribution is 2.24. The number of anilines is 1. The van der Waals surface area contributed by atoms with E-state index in [0.29, 0.717) is 44.3 Å². The number of benzene rings is 2. The summed E-state index contributed by atoms with van der Waals surface area (Å²) in [5.41, 5.74) is 1.78. The van der Waals surface area contributed by atoms with E-state index in [1.807, 2.05) is 47.2 Å². The molecule has 7 heteroatoms. The maximum absolute atomic E-state index is 13.8. The monoisotopic (exact) mass is 368 g/mol. The molecule has 1 aliphatic rings. The van der Waals surface area contributed by atoms with Crippen molar-refractivity contribution in [2.24, 2.45) is 0 Å². The molecule has 0 unspecified atom stereocenters. The van der Waals surface area contributed by atoms with Crippen LogP contribution < -0.4 is 4.90 Å². The van der Waals surface area contributed by atoms with E-state index in [2.05, 4.69) is 4.98 Å². The van der Waals surface area contributed by atoms with Crippen LogP contribution in [0.1, 0.15) is 5.56 Å². The van der Waals surface area contributed by atoms with Gasteiger partial charge in [0.2, 0.25) is 0 Å². The number of piperazine rings is 1. The molecule has 4 rings (SSSR count). The van der Waals surface area contributed by atoms with Crippen LogP contribution in [0.25, 0.3) is 11.1 Å². The molecule has 2 heterocycles. The molecule has 1 aliphatic heterocycles. The number of oxazole rings is 1. The van der Waals surface area contributed by atoms with Gasteiger partial charge in [-0.05, 0) is 17.7 Å². The van der Waals surface area contributed by atoms with Gasteiger partial charge in [0.05, 0.1) is 0 Å². The van der Waals surface area contributed by atoms with E-state index in [1.54, 1.807) is 17.0 Å². The quantitative estimate of drug-likeness (QED) is 0.712. The molecule has 0 radical (unpaired) electrons. The summed E-state index contributed by atoms with van der Waals surface area (Å²) in [6.45, 7) is 2.90. The SMILES string of the molecule is CN(Cc1ccccc1)C(=O)N1CCN(c2nc3c(F)cccc3o2)CC1. The minimum atomic E-state index is -0.390. The summed E-state index contributed by atoms with van der Waals surface area (Å²) in [5, 5.41) is 0. The molecule has 1 saturated heterocycles. The normalized spacial score (nSPS) is 14.6. The van der Waals surface area contributed by atoms with Crippen molar-refractivity contribution in [3.8, 4) is 0 Å². The summed E-state index contributed by atoms with van der Waals surface area (Å²) >= 11 is 0. The lowest BCUT2D eigenvalue weighted by atomic mass is 10.2. The van der Waals surface area contributed by atoms with Crippen molar-refractivity contribution in [3.05, 3.63) is 59.9 Å². The highest BCUT2D eigenvalue weighted by Gasteiger charge is 2.26. The second kappa shape index (κ2) is 7.26. The van der Waals surface area contributed by atoms with Crippen LogP contribution >= 0.6 is 0 Å². The van der Waals surface area contributed by atoms with Gasteiger partial charge in [-0.3, -0.25) is 0 Å². The van der Waals surface area contributed by atoms with Gasteiger partial charge in [0.25, 0.3) is 6.01 Å². The Morgan fingerprint density at radius 1 is 1.11 bits per heavy atom. The van der Waals surface area contributed by atoms with Crippen molar-refractivity contribution in [3.63, 3.8) is 0 Å². The van der Waals surface area contributed by atoms with Gasteiger partial charge in [0.15, 0.2) is 11.4 Å². The molecule has 3 aromatic rings. The smallest absolute Gasteiger partial charge is 0.320 e. The lowest BCUT2D eigenvalue weighted by Crippen LogP contribution is -2.52. The summed E-state index contributed by atoms with van der Waals surface area (Å²) in [4.78, 5) is 22.4. The average molecular weight is 368 g/mol. The van der Waals surface area contributed by atoms with Crippen LogP contribution in [0.4, 0.5) is 15.2 Å². The predicted molar refractivity (Wildman–Crippen MR) is 101 cm³/mol. The minimum Gasteiger partial charge on any atom is -0.423 e. The number of hydrogen-bond donors (Lipinski definition) is 0. The summed E-state index contributed by atoms with van der Waals surface area (Å²) in [6.07, 6.45) is 0. The molecule has 2 amide bonds. The number of carbonyl (C=O) groups is 1. The Balaban J connectivity index is 1.37. The Kier molecular flexibility index (Phi) is 4.66. The molecular formula is C20H21FN4O2. The molecule has 0 N–H and O–H groups in total. The number of rotatable bonds is 3. The first kappa shape index (κ1) is 17.3. The van der Waals surface area contributed by atoms with Gasteiger partial charge in [-0.25, -0.2) is 9.18 Å². The molecule has 0 aliphatic carbocycles. The van der Waals surface area contributed by atoms with Crippen LogP contribution in [0, 0.1) is 5.82 Å². The molecule has 2 aromatic carbocycles. The third-order valence-electron chi connectivity index (χ3n) is 4.77. The summed E-state index contributed by atoms with van der Waals surface area (Å²) < 4.78 is 19.5. The number of halogens is 1. The van der Waals surface area contributed by atoms with E-state index in [9.17, 15) is 9.18 Å². The van der Waals surface area contributed by atoms with E-state index in [1.165, 1.54) is 6.07 Å². The first-order chi connectivity index (χ1) is 13.1. The summed E-state index contributed by atoms with van der Waals surface area (Å²) in [6, 6.07) is 15.0. The van der Waals surface area contributed by atoms with Gasteiger partial charge in [-0.2, -0.15) is 4.98 Å². The standard InChI is InChI=1S/C20H21FN4O2/c1-23(14-15-6-3-2-4-7-15)20(26)25-12-10-24(11-13-25)19-22-18-16(21)8-5-9-17(18)27-19/h2-9H,10-14H2,1H3. The topological polar surface area (TPSA) is 52.8 Å². The van der Waals surface area contributed by atoms with Crippen molar-refractivity contribution < 1.29 is 13.6 Å². The molecule has 0 bridgehead atoms. The Morgan fingerprint density at radius 3 is 2.56 bits per heavy atom. The third-order valence-corrected chi connectivity index (χ3v) is 4.77. The number of amides is 2. The summed E-state index contributed by atoms with van der Waals surface area (Å²) in [5.74, 6) is -0.390. The predicted octanol–water partition coefficient (Wildman–Crippen LogP) is 3.34. The Hall–Kier alpha value is -3.09. The number of urea groups is 1. The lowest BCUT2D eigenvalue weighted by Gasteiger charge is -2.36. The highest BCUT2D eigenvalue weighted by molar-refractivity contribution is 5.76. The molecule has 6 nitrogen and oxygen atoms in total. The Bertz CT molecular complexity index is 936. The fourth-order valence-corrected chi connectivity index (χ4v) is 3.29. The van der Waals surface area contributed by atoms with Gasteiger partial charge < -0.3 is 19.1 Å². The third kappa shape index (κ3) is 3.58. The van der Waals surface area contributed by atoms with Crippen molar-refractivity contribution in [2.45, 2.75) is 6.54 Å². The van der Waals surface area contributed by atoms with Gasteiger partial charge in [0, 0.05) is 39.8 Å². The van der Waals surface area contributed by atoms with Gasteiger partial charge >= 0.3 is 6.03 Å². The second-order valence-corrected chi connectivity index (χ2v) is 6.68. The van der Waals surface area contributed by atoms with E-state index >= 15 is 0 Å². The van der Waals surface area contributed by atoms with Crippen molar-refractivity contribution in [1.29, 1.82) is 0 Å². The van der Waals surface area contributed by atoms with E-state index in [0.717, 1.165) is 5.56 Å². The first-order valence-corrected chi connectivity index (χ1v) is 8.96. The molecule has 27 heavy (non-hydrogen) atoms. The fourth-order valence-electron chi connectivity index (χ4n) is 3.29. The van der Waals surface area contributed by atoms with Gasteiger partial charge in [0.1, 0.15) is 5.52 Å². The number of para-hydroxylation sites is 1. The minimum absolute atomic E-state index is 0.00196. The molecule has 0 saturated carbocycles. The molecule has 0 spiro atoms. The molecule has 1 aromatic heterocycles. The zero-order valence-corrected chi connectivity index (χ0v) is 15.1. The largest absolute Gasteiger partial charge is 0.423 e. The second-order valence-electron chi connectivity index (χ2n) is 6.68. The van der Waals surface area contributed by atoms with Crippen molar-refractivity contribution in [1.82, 2.24) is 14.8 Å². The number of aromatic nitrogens is 1. The Labute approximate surface area is 156 Å². The highest BCUT2D eigenvalue weighted by atomic mass is 19.1. The molecule has 1 fully saturated rings. The molecule has 0 atom stereocenters.